The number of rotatable bonds is 1. The van der Waals surface area contributed by atoms with Gasteiger partial charge in [0.25, 0.3) is 0 Å². The van der Waals surface area contributed by atoms with Crippen LogP contribution < -0.4 is 5.32 Å². The van der Waals surface area contributed by atoms with Gasteiger partial charge >= 0.3 is 0 Å². The Balaban J connectivity index is 2.27. The summed E-state index contributed by atoms with van der Waals surface area (Å²) in [5.74, 6) is 0. The van der Waals surface area contributed by atoms with E-state index < -0.39 is 0 Å². The van der Waals surface area contributed by atoms with Gasteiger partial charge in [0.15, 0.2) is 6.23 Å². The van der Waals surface area contributed by atoms with Crippen molar-refractivity contribution < 1.29 is 4.74 Å². The molecule has 0 fully saturated rings. The first-order valence-corrected chi connectivity index (χ1v) is 5.14. The molecule has 0 amide bonds. The molecule has 0 unspecified atom stereocenters. The quantitative estimate of drug-likeness (QED) is 0.759. The van der Waals surface area contributed by atoms with Crippen LogP contribution in [-0.4, -0.2) is 23.4 Å². The molecule has 0 saturated heterocycles. The number of hydrogen-bond acceptors (Lipinski definition) is 3. The highest BCUT2D eigenvalue weighted by Gasteiger charge is 2.23. The maximum Gasteiger partial charge on any atom is 0.151 e. The van der Waals surface area contributed by atoms with Crippen molar-refractivity contribution in [3.05, 3.63) is 30.0 Å². The Kier molecular flexibility index (Phi) is 1.97. The summed E-state index contributed by atoms with van der Waals surface area (Å²) in [4.78, 5) is 0. The molecule has 2 heterocycles. The van der Waals surface area contributed by atoms with Crippen molar-refractivity contribution in [2.75, 3.05) is 13.7 Å². The lowest BCUT2D eigenvalue weighted by atomic mass is 10.2. The van der Waals surface area contributed by atoms with Gasteiger partial charge in [0.2, 0.25) is 0 Å². The van der Waals surface area contributed by atoms with Gasteiger partial charge in [-0.2, -0.15) is 5.10 Å². The minimum Gasteiger partial charge on any atom is -0.356 e. The van der Waals surface area contributed by atoms with E-state index in [-0.39, 0.29) is 6.23 Å². The van der Waals surface area contributed by atoms with Gasteiger partial charge in [-0.3, -0.25) is 10.00 Å². The van der Waals surface area contributed by atoms with E-state index in [9.17, 15) is 0 Å². The van der Waals surface area contributed by atoms with E-state index in [0.717, 1.165) is 17.8 Å². The molecular formula is C11H13N3O. The first-order chi connectivity index (χ1) is 7.40. The van der Waals surface area contributed by atoms with E-state index in [4.69, 9.17) is 4.74 Å². The van der Waals surface area contributed by atoms with Crippen LogP contribution in [0.15, 0.2) is 24.3 Å². The number of aromatic nitrogens is 2. The summed E-state index contributed by atoms with van der Waals surface area (Å²) >= 11 is 0. The molecule has 0 aliphatic carbocycles. The van der Waals surface area contributed by atoms with Crippen LogP contribution in [0.1, 0.15) is 11.9 Å². The van der Waals surface area contributed by atoms with Gasteiger partial charge < -0.3 is 4.74 Å². The van der Waals surface area contributed by atoms with E-state index in [1.54, 1.807) is 0 Å². The van der Waals surface area contributed by atoms with Gasteiger partial charge in [-0.05, 0) is 13.1 Å². The zero-order valence-corrected chi connectivity index (χ0v) is 8.60. The van der Waals surface area contributed by atoms with Crippen molar-refractivity contribution in [1.82, 2.24) is 15.1 Å². The SMILES string of the molecule is CN[C@H]1OCCn2nc3ccccc3c21. The van der Waals surface area contributed by atoms with Crippen LogP contribution in [0.4, 0.5) is 0 Å². The monoisotopic (exact) mass is 203 g/mol. The molecule has 1 aliphatic rings. The molecule has 0 spiro atoms. The van der Waals surface area contributed by atoms with Crippen molar-refractivity contribution >= 4 is 10.9 Å². The topological polar surface area (TPSA) is 39.1 Å². The molecule has 1 atom stereocenters. The van der Waals surface area contributed by atoms with Gasteiger partial charge in [0.05, 0.1) is 24.4 Å². The first-order valence-electron chi connectivity index (χ1n) is 5.14. The Labute approximate surface area is 87.8 Å². The van der Waals surface area contributed by atoms with Crippen molar-refractivity contribution in [1.29, 1.82) is 0 Å². The number of nitrogens with one attached hydrogen (secondary N) is 1. The number of hydrogen-bond donors (Lipinski definition) is 1. The maximum atomic E-state index is 5.65. The number of nitrogens with zero attached hydrogens (tertiary/aromatic N) is 2. The summed E-state index contributed by atoms with van der Waals surface area (Å²) in [6.07, 6.45) is -0.0360. The third-order valence-corrected chi connectivity index (χ3v) is 2.78. The van der Waals surface area contributed by atoms with Crippen LogP contribution in [0.2, 0.25) is 0 Å². The Morgan fingerprint density at radius 3 is 3.20 bits per heavy atom. The highest BCUT2D eigenvalue weighted by molar-refractivity contribution is 5.81. The summed E-state index contributed by atoms with van der Waals surface area (Å²) in [6.45, 7) is 1.55. The lowest BCUT2D eigenvalue weighted by molar-refractivity contribution is 0.000987. The van der Waals surface area contributed by atoms with E-state index in [1.165, 1.54) is 5.39 Å². The van der Waals surface area contributed by atoms with Crippen LogP contribution >= 0.6 is 0 Å². The Bertz CT molecular complexity index is 492. The van der Waals surface area contributed by atoms with Crippen molar-refractivity contribution in [3.8, 4) is 0 Å². The maximum absolute atomic E-state index is 5.65. The normalized spacial score (nSPS) is 20.5. The standard InChI is InChI=1S/C11H13N3O/c1-12-11-10-8-4-2-3-5-9(8)13-14(10)6-7-15-11/h2-5,11-12H,6-7H2,1H3/t11-/m0/s1. The predicted molar refractivity (Wildman–Crippen MR) is 57.5 cm³/mol. The molecule has 1 aromatic heterocycles. The van der Waals surface area contributed by atoms with Gasteiger partial charge in [0, 0.05) is 5.39 Å². The van der Waals surface area contributed by atoms with Crippen molar-refractivity contribution in [2.45, 2.75) is 12.8 Å². The molecule has 0 radical (unpaired) electrons. The Morgan fingerprint density at radius 1 is 1.47 bits per heavy atom. The molecule has 1 N–H and O–H groups in total. The van der Waals surface area contributed by atoms with E-state index in [0.29, 0.717) is 6.61 Å². The summed E-state index contributed by atoms with van der Waals surface area (Å²) in [6, 6.07) is 8.17. The molecule has 1 aliphatic heterocycles. The van der Waals surface area contributed by atoms with Crippen LogP contribution in [0.5, 0.6) is 0 Å². The van der Waals surface area contributed by atoms with Gasteiger partial charge in [0.1, 0.15) is 0 Å². The first kappa shape index (κ1) is 8.88. The smallest absolute Gasteiger partial charge is 0.151 e. The van der Waals surface area contributed by atoms with Crippen LogP contribution in [0.3, 0.4) is 0 Å². The Morgan fingerprint density at radius 2 is 2.33 bits per heavy atom. The fourth-order valence-electron chi connectivity index (χ4n) is 2.10. The second-order valence-electron chi connectivity index (χ2n) is 3.67. The number of benzene rings is 1. The highest BCUT2D eigenvalue weighted by Crippen LogP contribution is 2.27. The predicted octanol–water partition coefficient (Wildman–Crippen LogP) is 1.28. The van der Waals surface area contributed by atoms with Gasteiger partial charge in [-0.1, -0.05) is 18.2 Å². The summed E-state index contributed by atoms with van der Waals surface area (Å²) in [5.41, 5.74) is 2.18. The third kappa shape index (κ3) is 1.26. The summed E-state index contributed by atoms with van der Waals surface area (Å²) in [5, 5.41) is 8.88. The lowest BCUT2D eigenvalue weighted by Gasteiger charge is -2.23. The number of fused-ring (bicyclic) bond motifs is 3. The molecule has 0 saturated carbocycles. The van der Waals surface area contributed by atoms with Crippen molar-refractivity contribution in [2.24, 2.45) is 0 Å². The molecular weight excluding hydrogens is 190 g/mol. The minimum absolute atomic E-state index is 0.0360. The molecule has 3 rings (SSSR count). The molecule has 15 heavy (non-hydrogen) atoms. The van der Waals surface area contributed by atoms with E-state index >= 15 is 0 Å². The zero-order chi connectivity index (χ0) is 10.3. The largest absolute Gasteiger partial charge is 0.356 e. The number of ether oxygens (including phenoxy) is 1. The summed E-state index contributed by atoms with van der Waals surface area (Å²) < 4.78 is 7.69. The van der Waals surface area contributed by atoms with E-state index in [1.807, 2.05) is 29.9 Å². The Hall–Kier alpha value is -1.39. The molecule has 4 nitrogen and oxygen atoms in total. The second kappa shape index (κ2) is 3.32. The highest BCUT2D eigenvalue weighted by atomic mass is 16.5. The summed E-state index contributed by atoms with van der Waals surface area (Å²) in [7, 11) is 1.90. The van der Waals surface area contributed by atoms with Gasteiger partial charge in [-0.25, -0.2) is 0 Å². The molecule has 78 valence electrons. The molecule has 1 aromatic carbocycles. The van der Waals surface area contributed by atoms with Crippen LogP contribution in [0.25, 0.3) is 10.9 Å². The van der Waals surface area contributed by atoms with Crippen LogP contribution in [-0.2, 0) is 11.3 Å². The molecule has 4 heteroatoms. The fraction of sp³-hybridized carbons (Fsp3) is 0.364. The van der Waals surface area contributed by atoms with Crippen LogP contribution in [0, 0.1) is 0 Å². The third-order valence-electron chi connectivity index (χ3n) is 2.78. The zero-order valence-electron chi connectivity index (χ0n) is 8.60. The average molecular weight is 203 g/mol. The average Bonchev–Trinajstić information content (AvgIpc) is 2.67. The molecule has 0 bridgehead atoms. The van der Waals surface area contributed by atoms with E-state index in [2.05, 4.69) is 16.5 Å². The fourth-order valence-corrected chi connectivity index (χ4v) is 2.10. The lowest BCUT2D eigenvalue weighted by Crippen LogP contribution is -2.29. The minimum atomic E-state index is -0.0360. The van der Waals surface area contributed by atoms with Crippen molar-refractivity contribution in [3.63, 3.8) is 0 Å². The second-order valence-corrected chi connectivity index (χ2v) is 3.67. The molecule has 2 aromatic rings. The van der Waals surface area contributed by atoms with Gasteiger partial charge in [-0.15, -0.1) is 0 Å².